The molecule has 0 radical (unpaired) electrons. The van der Waals surface area contributed by atoms with Gasteiger partial charge in [0.25, 0.3) is 0 Å². The van der Waals surface area contributed by atoms with Gasteiger partial charge in [0.2, 0.25) is 0 Å². The minimum absolute atomic E-state index is 0.891. The van der Waals surface area contributed by atoms with Crippen molar-refractivity contribution in [1.29, 1.82) is 0 Å². The lowest BCUT2D eigenvalue weighted by Gasteiger charge is -2.10. The standard InChI is InChI=1S/C12H19N2OS/c1-13(2)12(14(3)4)16-11-8-6-7-10(9-11)15-5/h6-9H,1-5H3/q+1. The highest BCUT2D eigenvalue weighted by Gasteiger charge is 2.13. The van der Waals surface area contributed by atoms with E-state index in [4.69, 9.17) is 4.74 Å². The predicted molar refractivity (Wildman–Crippen MR) is 69.7 cm³/mol. The molecule has 88 valence electrons. The first-order valence-corrected chi connectivity index (χ1v) is 5.89. The van der Waals surface area contributed by atoms with Crippen molar-refractivity contribution in [2.45, 2.75) is 4.90 Å². The molecular formula is C12H19N2OS+. The van der Waals surface area contributed by atoms with Crippen LogP contribution >= 0.6 is 11.8 Å². The summed E-state index contributed by atoms with van der Waals surface area (Å²) in [4.78, 5) is 3.28. The first-order chi connectivity index (χ1) is 7.54. The van der Waals surface area contributed by atoms with Crippen LogP contribution in [0.25, 0.3) is 0 Å². The second-order valence-electron chi connectivity index (χ2n) is 3.85. The first kappa shape index (κ1) is 12.9. The van der Waals surface area contributed by atoms with Crippen molar-refractivity contribution < 1.29 is 9.31 Å². The van der Waals surface area contributed by atoms with Crippen LogP contribution in [0.4, 0.5) is 0 Å². The van der Waals surface area contributed by atoms with Gasteiger partial charge >= 0.3 is 5.17 Å². The summed E-state index contributed by atoms with van der Waals surface area (Å²) in [7, 11) is 9.86. The Kier molecular flexibility index (Phi) is 4.68. The Morgan fingerprint density at radius 1 is 1.31 bits per heavy atom. The molecule has 0 saturated carbocycles. The Morgan fingerprint density at radius 2 is 2.00 bits per heavy atom. The highest BCUT2D eigenvalue weighted by atomic mass is 32.2. The number of rotatable bonds is 2. The number of amidine groups is 1. The number of hydrogen-bond donors (Lipinski definition) is 0. The van der Waals surface area contributed by atoms with Gasteiger partial charge in [-0.1, -0.05) is 6.07 Å². The monoisotopic (exact) mass is 239 g/mol. The van der Waals surface area contributed by atoms with Gasteiger partial charge in [-0.15, -0.1) is 0 Å². The van der Waals surface area contributed by atoms with E-state index in [0.29, 0.717) is 0 Å². The zero-order valence-electron chi connectivity index (χ0n) is 10.5. The van der Waals surface area contributed by atoms with Gasteiger partial charge in [0.1, 0.15) is 5.75 Å². The van der Waals surface area contributed by atoms with E-state index < -0.39 is 0 Å². The smallest absolute Gasteiger partial charge is 0.312 e. The molecule has 1 aromatic carbocycles. The molecule has 0 saturated heterocycles. The number of hydrogen-bond acceptors (Lipinski definition) is 2. The van der Waals surface area contributed by atoms with Crippen LogP contribution < -0.4 is 4.74 Å². The van der Waals surface area contributed by atoms with E-state index in [2.05, 4.69) is 15.5 Å². The molecule has 3 nitrogen and oxygen atoms in total. The average molecular weight is 239 g/mol. The summed E-state index contributed by atoms with van der Waals surface area (Å²) in [6, 6.07) is 8.08. The van der Waals surface area contributed by atoms with Gasteiger partial charge in [-0.25, -0.2) is 0 Å². The molecule has 0 heterocycles. The molecule has 0 aromatic heterocycles. The van der Waals surface area contributed by atoms with E-state index in [1.807, 2.05) is 46.4 Å². The summed E-state index contributed by atoms with van der Waals surface area (Å²) in [6.07, 6.45) is 0. The molecule has 16 heavy (non-hydrogen) atoms. The number of benzene rings is 1. The van der Waals surface area contributed by atoms with Gasteiger partial charge in [0.15, 0.2) is 0 Å². The first-order valence-electron chi connectivity index (χ1n) is 5.08. The van der Waals surface area contributed by atoms with Crippen molar-refractivity contribution >= 4 is 16.9 Å². The van der Waals surface area contributed by atoms with Crippen molar-refractivity contribution in [3.8, 4) is 5.75 Å². The minimum atomic E-state index is 0.891. The van der Waals surface area contributed by atoms with Crippen LogP contribution in [0, 0.1) is 0 Å². The molecular weight excluding hydrogens is 220 g/mol. The minimum Gasteiger partial charge on any atom is -0.497 e. The Hall–Kier alpha value is -1.16. The number of ether oxygens (including phenoxy) is 1. The SMILES string of the molecule is COc1cccc(SC(N(C)C)=[N+](C)C)c1. The van der Waals surface area contributed by atoms with Crippen LogP contribution in [0.1, 0.15) is 0 Å². The summed E-state index contributed by atoms with van der Waals surface area (Å²) in [5, 5.41) is 1.19. The third kappa shape index (κ3) is 3.45. The highest BCUT2D eigenvalue weighted by Crippen LogP contribution is 2.24. The van der Waals surface area contributed by atoms with Gasteiger partial charge in [0.05, 0.1) is 35.3 Å². The maximum atomic E-state index is 5.21. The van der Waals surface area contributed by atoms with Crippen LogP contribution in [0.3, 0.4) is 0 Å². The van der Waals surface area contributed by atoms with E-state index in [9.17, 15) is 0 Å². The summed E-state index contributed by atoms with van der Waals surface area (Å²) in [6.45, 7) is 0. The lowest BCUT2D eigenvalue weighted by Crippen LogP contribution is -2.26. The maximum absolute atomic E-state index is 5.21. The molecule has 0 N–H and O–H groups in total. The molecule has 1 aromatic rings. The third-order valence-electron chi connectivity index (χ3n) is 2.02. The quantitative estimate of drug-likeness (QED) is 0.340. The number of methoxy groups -OCH3 is 1. The van der Waals surface area contributed by atoms with Crippen LogP contribution in [0.5, 0.6) is 5.75 Å². The van der Waals surface area contributed by atoms with E-state index in [-0.39, 0.29) is 0 Å². The van der Waals surface area contributed by atoms with Crippen molar-refractivity contribution in [2.75, 3.05) is 35.3 Å². The van der Waals surface area contributed by atoms with Gasteiger partial charge in [0, 0.05) is 4.90 Å². The molecule has 0 aliphatic heterocycles. The van der Waals surface area contributed by atoms with Crippen molar-refractivity contribution in [3.63, 3.8) is 0 Å². The van der Waals surface area contributed by atoms with Crippen molar-refractivity contribution in [3.05, 3.63) is 24.3 Å². The van der Waals surface area contributed by atoms with Crippen molar-refractivity contribution in [1.82, 2.24) is 4.90 Å². The largest absolute Gasteiger partial charge is 0.497 e. The maximum Gasteiger partial charge on any atom is 0.312 e. The van der Waals surface area contributed by atoms with E-state index in [0.717, 1.165) is 5.75 Å². The Bertz CT molecular complexity index is 384. The van der Waals surface area contributed by atoms with Crippen molar-refractivity contribution in [2.24, 2.45) is 0 Å². The van der Waals surface area contributed by atoms with Gasteiger partial charge in [-0.2, -0.15) is 0 Å². The molecule has 1 rings (SSSR count). The lowest BCUT2D eigenvalue weighted by molar-refractivity contribution is -0.466. The normalized spacial score (nSPS) is 9.81. The average Bonchev–Trinajstić information content (AvgIpc) is 2.25. The predicted octanol–water partition coefficient (Wildman–Crippen LogP) is 1.98. The fraction of sp³-hybridized carbons (Fsp3) is 0.417. The van der Waals surface area contributed by atoms with Crippen LogP contribution in [0.2, 0.25) is 0 Å². The molecule has 0 amide bonds. The van der Waals surface area contributed by atoms with Crippen LogP contribution in [-0.2, 0) is 0 Å². The fourth-order valence-corrected chi connectivity index (χ4v) is 2.25. The van der Waals surface area contributed by atoms with E-state index in [1.54, 1.807) is 18.9 Å². The topological polar surface area (TPSA) is 15.5 Å². The molecule has 0 atom stereocenters. The number of nitrogens with zero attached hydrogens (tertiary/aromatic N) is 2. The van der Waals surface area contributed by atoms with E-state index >= 15 is 0 Å². The third-order valence-corrected chi connectivity index (χ3v) is 3.42. The molecule has 0 aliphatic carbocycles. The zero-order valence-corrected chi connectivity index (χ0v) is 11.3. The van der Waals surface area contributed by atoms with Gasteiger partial charge < -0.3 is 4.74 Å². The van der Waals surface area contributed by atoms with Gasteiger partial charge in [-0.05, 0) is 30.0 Å². The molecule has 0 spiro atoms. The lowest BCUT2D eigenvalue weighted by atomic mass is 10.3. The molecule has 0 bridgehead atoms. The molecule has 0 fully saturated rings. The molecule has 4 heteroatoms. The summed E-state index contributed by atoms with van der Waals surface area (Å²) in [5.74, 6) is 0.891. The Balaban J connectivity index is 2.90. The molecule has 0 unspecified atom stereocenters. The number of thioether (sulfide) groups is 1. The summed E-state index contributed by atoms with van der Waals surface area (Å²) >= 11 is 1.72. The van der Waals surface area contributed by atoms with Gasteiger partial charge in [-0.3, -0.25) is 9.48 Å². The second kappa shape index (κ2) is 5.80. The Labute approximate surface area is 102 Å². The Morgan fingerprint density at radius 3 is 2.50 bits per heavy atom. The fourth-order valence-electron chi connectivity index (χ4n) is 1.35. The second-order valence-corrected chi connectivity index (χ2v) is 4.89. The highest BCUT2D eigenvalue weighted by molar-refractivity contribution is 8.13. The molecule has 0 aliphatic rings. The van der Waals surface area contributed by atoms with E-state index in [1.165, 1.54) is 10.1 Å². The zero-order chi connectivity index (χ0) is 12.1. The summed E-state index contributed by atoms with van der Waals surface area (Å²) < 4.78 is 7.31. The summed E-state index contributed by atoms with van der Waals surface area (Å²) in [5.41, 5.74) is 0. The van der Waals surface area contributed by atoms with Crippen LogP contribution in [0.15, 0.2) is 29.2 Å². The van der Waals surface area contributed by atoms with Crippen LogP contribution in [-0.4, -0.2) is 49.9 Å².